The molecule has 10 heteroatoms. The summed E-state index contributed by atoms with van der Waals surface area (Å²) in [6, 6.07) is 2.11. The predicted octanol–water partition coefficient (Wildman–Crippen LogP) is 1.20. The van der Waals surface area contributed by atoms with Gasteiger partial charge in [0.05, 0.1) is 0 Å². The molecule has 0 unspecified atom stereocenters. The minimum atomic E-state index is -3.94. The number of rotatable bonds is 6. The standard InChI is InChI=1S/C11H13BrFN5O2S/c12-7-4-8(13)10(5-9(7)14)21(19,20)17-3-1-2-11-15-6-16-18-11/h4-6,17H,1-3,14H2,(H,15,16,18). The first kappa shape index (κ1) is 15.9. The highest BCUT2D eigenvalue weighted by Crippen LogP contribution is 2.25. The molecule has 7 nitrogen and oxygen atoms in total. The number of H-pyrrole nitrogens is 1. The summed E-state index contributed by atoms with van der Waals surface area (Å²) in [4.78, 5) is 3.45. The van der Waals surface area contributed by atoms with Crippen LogP contribution >= 0.6 is 15.9 Å². The Kier molecular flexibility index (Phi) is 4.91. The zero-order valence-corrected chi connectivity index (χ0v) is 13.2. The molecule has 0 bridgehead atoms. The van der Waals surface area contributed by atoms with E-state index in [1.165, 1.54) is 6.33 Å². The average Bonchev–Trinajstić information content (AvgIpc) is 2.92. The third kappa shape index (κ3) is 3.99. The molecule has 0 aliphatic heterocycles. The Hall–Kier alpha value is -1.52. The molecule has 0 saturated carbocycles. The largest absolute Gasteiger partial charge is 0.398 e. The Labute approximate surface area is 129 Å². The normalized spacial score (nSPS) is 11.7. The van der Waals surface area contributed by atoms with E-state index < -0.39 is 20.7 Å². The lowest BCUT2D eigenvalue weighted by Crippen LogP contribution is -2.26. The van der Waals surface area contributed by atoms with E-state index in [1.807, 2.05) is 0 Å². The number of hydrogen-bond donors (Lipinski definition) is 3. The fourth-order valence-corrected chi connectivity index (χ4v) is 3.12. The summed E-state index contributed by atoms with van der Waals surface area (Å²) in [6.45, 7) is 0.151. The average molecular weight is 378 g/mol. The third-order valence-electron chi connectivity index (χ3n) is 2.69. The maximum absolute atomic E-state index is 13.7. The van der Waals surface area contributed by atoms with Crippen molar-refractivity contribution in [1.29, 1.82) is 0 Å². The van der Waals surface area contributed by atoms with Crippen LogP contribution in [0.15, 0.2) is 27.8 Å². The van der Waals surface area contributed by atoms with Crippen molar-refractivity contribution in [3.05, 3.63) is 34.6 Å². The smallest absolute Gasteiger partial charge is 0.243 e. The van der Waals surface area contributed by atoms with Crippen LogP contribution in [0.3, 0.4) is 0 Å². The maximum atomic E-state index is 13.7. The van der Waals surface area contributed by atoms with E-state index in [-0.39, 0.29) is 12.2 Å². The molecular weight excluding hydrogens is 365 g/mol. The number of nitrogens with one attached hydrogen (secondary N) is 2. The van der Waals surface area contributed by atoms with Crippen molar-refractivity contribution in [3.63, 3.8) is 0 Å². The summed E-state index contributed by atoms with van der Waals surface area (Å²) in [5.74, 6) is -0.202. The number of nitrogen functional groups attached to an aromatic ring is 1. The lowest BCUT2D eigenvalue weighted by Gasteiger charge is -2.09. The predicted molar refractivity (Wildman–Crippen MR) is 78.4 cm³/mol. The quantitative estimate of drug-likeness (QED) is 0.516. The molecule has 0 radical (unpaired) electrons. The summed E-state index contributed by atoms with van der Waals surface area (Å²) in [6.07, 6.45) is 2.41. The molecule has 2 aromatic rings. The molecule has 0 saturated heterocycles. The maximum Gasteiger partial charge on any atom is 0.243 e. The molecule has 21 heavy (non-hydrogen) atoms. The zero-order chi connectivity index (χ0) is 15.5. The van der Waals surface area contributed by atoms with Crippen molar-refractivity contribution >= 4 is 31.6 Å². The molecular formula is C11H13BrFN5O2S. The number of aromatic nitrogens is 3. The lowest BCUT2D eigenvalue weighted by atomic mass is 10.3. The fraction of sp³-hybridized carbons (Fsp3) is 0.273. The molecule has 2 rings (SSSR count). The number of halogens is 2. The van der Waals surface area contributed by atoms with Gasteiger partial charge in [-0.25, -0.2) is 22.5 Å². The van der Waals surface area contributed by atoms with Gasteiger partial charge in [-0.05, 0) is 34.5 Å². The Bertz CT molecular complexity index is 720. The summed E-state index contributed by atoms with van der Waals surface area (Å²) < 4.78 is 40.4. The first-order chi connectivity index (χ1) is 9.90. The minimum absolute atomic E-state index is 0.151. The van der Waals surface area contributed by atoms with Crippen molar-refractivity contribution < 1.29 is 12.8 Å². The van der Waals surface area contributed by atoms with E-state index in [1.54, 1.807) is 0 Å². The van der Waals surface area contributed by atoms with Crippen molar-refractivity contribution in [2.24, 2.45) is 0 Å². The SMILES string of the molecule is Nc1cc(S(=O)(=O)NCCCc2ncn[nH]2)c(F)cc1Br. The number of anilines is 1. The molecule has 0 spiro atoms. The molecule has 0 aliphatic rings. The van der Waals surface area contributed by atoms with E-state index in [0.29, 0.717) is 23.1 Å². The van der Waals surface area contributed by atoms with Crippen LogP contribution in [-0.2, 0) is 16.4 Å². The second kappa shape index (κ2) is 6.50. The van der Waals surface area contributed by atoms with Crippen LogP contribution in [0.25, 0.3) is 0 Å². The van der Waals surface area contributed by atoms with Gasteiger partial charge in [0.25, 0.3) is 0 Å². The topological polar surface area (TPSA) is 114 Å². The number of sulfonamides is 1. The van der Waals surface area contributed by atoms with Gasteiger partial charge in [0, 0.05) is 23.1 Å². The minimum Gasteiger partial charge on any atom is -0.398 e. The van der Waals surface area contributed by atoms with Crippen molar-refractivity contribution in [3.8, 4) is 0 Å². The Balaban J connectivity index is 2.00. The highest BCUT2D eigenvalue weighted by molar-refractivity contribution is 9.10. The lowest BCUT2D eigenvalue weighted by molar-refractivity contribution is 0.555. The van der Waals surface area contributed by atoms with Gasteiger partial charge in [0.1, 0.15) is 22.9 Å². The van der Waals surface area contributed by atoms with Gasteiger partial charge in [-0.1, -0.05) is 0 Å². The Morgan fingerprint density at radius 3 is 2.86 bits per heavy atom. The first-order valence-corrected chi connectivity index (χ1v) is 8.26. The Morgan fingerprint density at radius 1 is 1.43 bits per heavy atom. The van der Waals surface area contributed by atoms with Crippen LogP contribution in [0, 0.1) is 5.82 Å². The van der Waals surface area contributed by atoms with Gasteiger partial charge in [0.2, 0.25) is 10.0 Å². The highest BCUT2D eigenvalue weighted by Gasteiger charge is 2.20. The van der Waals surface area contributed by atoms with E-state index in [0.717, 1.165) is 12.1 Å². The van der Waals surface area contributed by atoms with Gasteiger partial charge in [-0.2, -0.15) is 5.10 Å². The summed E-state index contributed by atoms with van der Waals surface area (Å²) >= 11 is 3.04. The van der Waals surface area contributed by atoms with Gasteiger partial charge < -0.3 is 5.73 Å². The molecule has 4 N–H and O–H groups in total. The molecule has 114 valence electrons. The van der Waals surface area contributed by atoms with Gasteiger partial charge in [0.15, 0.2) is 0 Å². The molecule has 0 aliphatic carbocycles. The van der Waals surface area contributed by atoms with Crippen LogP contribution in [-0.4, -0.2) is 30.1 Å². The molecule has 0 fully saturated rings. The number of nitrogens with two attached hydrogens (primary N) is 1. The second-order valence-electron chi connectivity index (χ2n) is 4.24. The second-order valence-corrected chi connectivity index (χ2v) is 6.83. The first-order valence-electron chi connectivity index (χ1n) is 5.98. The van der Waals surface area contributed by atoms with Crippen LogP contribution in [0.1, 0.15) is 12.2 Å². The van der Waals surface area contributed by atoms with Gasteiger partial charge in [-0.15, -0.1) is 0 Å². The van der Waals surface area contributed by atoms with Crippen LogP contribution < -0.4 is 10.5 Å². The number of hydrogen-bond acceptors (Lipinski definition) is 5. The summed E-state index contributed by atoms with van der Waals surface area (Å²) in [7, 11) is -3.94. The molecule has 1 heterocycles. The van der Waals surface area contributed by atoms with Gasteiger partial charge >= 0.3 is 0 Å². The zero-order valence-electron chi connectivity index (χ0n) is 10.8. The van der Waals surface area contributed by atoms with Crippen molar-refractivity contribution in [2.75, 3.05) is 12.3 Å². The molecule has 0 amide bonds. The number of nitrogens with zero attached hydrogens (tertiary/aromatic N) is 2. The highest BCUT2D eigenvalue weighted by atomic mass is 79.9. The van der Waals surface area contributed by atoms with Crippen LogP contribution in [0.4, 0.5) is 10.1 Å². The summed E-state index contributed by atoms with van der Waals surface area (Å²) in [5.41, 5.74) is 5.73. The monoisotopic (exact) mass is 377 g/mol. The molecule has 1 aromatic carbocycles. The Morgan fingerprint density at radius 2 is 2.19 bits per heavy atom. The van der Waals surface area contributed by atoms with E-state index >= 15 is 0 Å². The molecule has 0 atom stereocenters. The van der Waals surface area contributed by atoms with Gasteiger partial charge in [-0.3, -0.25) is 5.10 Å². The third-order valence-corrected chi connectivity index (χ3v) is 4.85. The van der Waals surface area contributed by atoms with E-state index in [2.05, 4.69) is 35.8 Å². The number of aromatic amines is 1. The van der Waals surface area contributed by atoms with Crippen molar-refractivity contribution in [1.82, 2.24) is 19.9 Å². The van der Waals surface area contributed by atoms with Crippen LogP contribution in [0.2, 0.25) is 0 Å². The fourth-order valence-electron chi connectivity index (χ4n) is 1.64. The van der Waals surface area contributed by atoms with E-state index in [4.69, 9.17) is 5.73 Å². The van der Waals surface area contributed by atoms with Crippen molar-refractivity contribution in [2.45, 2.75) is 17.7 Å². The number of benzene rings is 1. The molecule has 1 aromatic heterocycles. The number of aryl methyl sites for hydroxylation is 1. The summed E-state index contributed by atoms with van der Waals surface area (Å²) in [5, 5.41) is 6.35. The van der Waals surface area contributed by atoms with E-state index in [9.17, 15) is 12.8 Å². The van der Waals surface area contributed by atoms with Crippen LogP contribution in [0.5, 0.6) is 0 Å².